The van der Waals surface area contributed by atoms with Crippen molar-refractivity contribution in [1.29, 1.82) is 0 Å². The molecule has 0 amide bonds. The molecule has 1 N–H and O–H groups in total. The van der Waals surface area contributed by atoms with E-state index < -0.39 is 0 Å². The second-order valence-electron chi connectivity index (χ2n) is 4.67. The SMILES string of the molecule is C1CCN(CCOCC2CNCCO2)CC1. The van der Waals surface area contributed by atoms with E-state index in [2.05, 4.69) is 10.2 Å². The topological polar surface area (TPSA) is 33.7 Å². The Hall–Kier alpha value is -0.160. The number of morpholine rings is 1. The van der Waals surface area contributed by atoms with E-state index in [9.17, 15) is 0 Å². The van der Waals surface area contributed by atoms with Gasteiger partial charge >= 0.3 is 0 Å². The van der Waals surface area contributed by atoms with Gasteiger partial charge < -0.3 is 19.7 Å². The van der Waals surface area contributed by atoms with Crippen LogP contribution in [0, 0.1) is 0 Å². The van der Waals surface area contributed by atoms with E-state index >= 15 is 0 Å². The van der Waals surface area contributed by atoms with Crippen LogP contribution in [-0.4, -0.2) is 63.5 Å². The Labute approximate surface area is 98.3 Å². The third kappa shape index (κ3) is 4.37. The molecule has 2 aliphatic rings. The maximum atomic E-state index is 5.67. The van der Waals surface area contributed by atoms with Crippen LogP contribution in [0.1, 0.15) is 19.3 Å². The van der Waals surface area contributed by atoms with Crippen molar-refractivity contribution in [2.45, 2.75) is 25.4 Å². The number of rotatable bonds is 5. The number of likely N-dealkylation sites (tertiary alicyclic amines) is 1. The first-order valence-electron chi connectivity index (χ1n) is 6.57. The van der Waals surface area contributed by atoms with Gasteiger partial charge in [0.25, 0.3) is 0 Å². The molecule has 4 heteroatoms. The molecule has 0 saturated carbocycles. The number of ether oxygens (including phenoxy) is 2. The maximum absolute atomic E-state index is 5.67. The van der Waals surface area contributed by atoms with Crippen LogP contribution in [0.5, 0.6) is 0 Å². The molecule has 0 aromatic carbocycles. The highest BCUT2D eigenvalue weighted by Gasteiger charge is 2.14. The minimum absolute atomic E-state index is 0.259. The van der Waals surface area contributed by atoms with Gasteiger partial charge in [0.05, 0.1) is 25.9 Å². The summed E-state index contributed by atoms with van der Waals surface area (Å²) in [6, 6.07) is 0. The molecule has 0 aromatic rings. The highest BCUT2D eigenvalue weighted by molar-refractivity contribution is 4.67. The second-order valence-corrected chi connectivity index (χ2v) is 4.67. The summed E-state index contributed by atoms with van der Waals surface area (Å²) in [5.41, 5.74) is 0. The Morgan fingerprint density at radius 1 is 1.25 bits per heavy atom. The molecule has 1 unspecified atom stereocenters. The van der Waals surface area contributed by atoms with E-state index in [-0.39, 0.29) is 6.10 Å². The molecule has 0 radical (unpaired) electrons. The summed E-state index contributed by atoms with van der Waals surface area (Å²) in [6.07, 6.45) is 4.37. The zero-order valence-electron chi connectivity index (χ0n) is 10.1. The normalized spacial score (nSPS) is 28.1. The van der Waals surface area contributed by atoms with Crippen molar-refractivity contribution in [2.75, 3.05) is 52.5 Å². The fourth-order valence-electron chi connectivity index (χ4n) is 2.32. The number of piperidine rings is 1. The summed E-state index contributed by atoms with van der Waals surface area (Å²) in [7, 11) is 0. The van der Waals surface area contributed by atoms with Crippen molar-refractivity contribution in [2.24, 2.45) is 0 Å². The molecule has 1 atom stereocenters. The van der Waals surface area contributed by atoms with Gasteiger partial charge in [-0.2, -0.15) is 0 Å². The number of nitrogens with zero attached hydrogens (tertiary/aromatic N) is 1. The van der Waals surface area contributed by atoms with Gasteiger partial charge in [-0.1, -0.05) is 6.42 Å². The molecule has 0 aromatic heterocycles. The first kappa shape index (κ1) is 12.3. The summed E-state index contributed by atoms with van der Waals surface area (Å²) in [6.45, 7) is 7.91. The molecule has 2 rings (SSSR count). The van der Waals surface area contributed by atoms with Crippen LogP contribution in [0.2, 0.25) is 0 Å². The van der Waals surface area contributed by atoms with Crippen LogP contribution >= 0.6 is 0 Å². The molecule has 16 heavy (non-hydrogen) atoms. The summed E-state index contributed by atoms with van der Waals surface area (Å²) in [4.78, 5) is 2.50. The zero-order valence-corrected chi connectivity index (χ0v) is 10.1. The smallest absolute Gasteiger partial charge is 0.0933 e. The van der Waals surface area contributed by atoms with Gasteiger partial charge in [0.1, 0.15) is 0 Å². The van der Waals surface area contributed by atoms with Crippen molar-refractivity contribution >= 4 is 0 Å². The molecule has 2 saturated heterocycles. The van der Waals surface area contributed by atoms with Gasteiger partial charge in [0, 0.05) is 19.6 Å². The highest BCUT2D eigenvalue weighted by atomic mass is 16.5. The minimum atomic E-state index is 0.259. The lowest BCUT2D eigenvalue weighted by molar-refractivity contribution is -0.0350. The fraction of sp³-hybridized carbons (Fsp3) is 1.00. The van der Waals surface area contributed by atoms with E-state index in [0.717, 1.165) is 39.5 Å². The fourth-order valence-corrected chi connectivity index (χ4v) is 2.32. The quantitative estimate of drug-likeness (QED) is 0.694. The molecule has 94 valence electrons. The third-order valence-corrected chi connectivity index (χ3v) is 3.31. The predicted molar refractivity (Wildman–Crippen MR) is 63.7 cm³/mol. The molecule has 0 bridgehead atoms. The van der Waals surface area contributed by atoms with Crippen molar-refractivity contribution in [3.8, 4) is 0 Å². The standard InChI is InChI=1S/C12H24N2O2/c1-2-5-14(6-3-1)7-9-15-11-12-10-13-4-8-16-12/h12-13H,1-11H2. The largest absolute Gasteiger partial charge is 0.377 e. The molecule has 2 heterocycles. The predicted octanol–water partition coefficient (Wildman–Crippen LogP) is 0.477. The minimum Gasteiger partial charge on any atom is -0.377 e. The zero-order chi connectivity index (χ0) is 11.1. The Kier molecular flexibility index (Phi) is 5.55. The van der Waals surface area contributed by atoms with Gasteiger partial charge in [0.15, 0.2) is 0 Å². The average Bonchev–Trinajstić information content (AvgIpc) is 2.37. The number of nitrogens with one attached hydrogen (secondary N) is 1. The Bertz CT molecular complexity index is 158. The van der Waals surface area contributed by atoms with Crippen LogP contribution in [0.4, 0.5) is 0 Å². The number of hydrogen-bond donors (Lipinski definition) is 1. The summed E-state index contributed by atoms with van der Waals surface area (Å²) in [5, 5.41) is 3.31. The van der Waals surface area contributed by atoms with Crippen LogP contribution in [-0.2, 0) is 9.47 Å². The van der Waals surface area contributed by atoms with Crippen molar-refractivity contribution < 1.29 is 9.47 Å². The highest BCUT2D eigenvalue weighted by Crippen LogP contribution is 2.07. The first-order chi connectivity index (χ1) is 7.95. The second kappa shape index (κ2) is 7.22. The first-order valence-corrected chi connectivity index (χ1v) is 6.57. The van der Waals surface area contributed by atoms with E-state index in [0.29, 0.717) is 0 Å². The maximum Gasteiger partial charge on any atom is 0.0933 e. The van der Waals surface area contributed by atoms with Crippen LogP contribution in [0.3, 0.4) is 0 Å². The number of hydrogen-bond acceptors (Lipinski definition) is 4. The molecule has 2 aliphatic heterocycles. The lowest BCUT2D eigenvalue weighted by Crippen LogP contribution is -2.41. The van der Waals surface area contributed by atoms with Crippen molar-refractivity contribution in [1.82, 2.24) is 10.2 Å². The molecule has 0 spiro atoms. The van der Waals surface area contributed by atoms with Gasteiger partial charge in [-0.3, -0.25) is 0 Å². The van der Waals surface area contributed by atoms with Crippen LogP contribution in [0.15, 0.2) is 0 Å². The van der Waals surface area contributed by atoms with E-state index in [1.807, 2.05) is 0 Å². The molecule has 0 aliphatic carbocycles. The molecule has 4 nitrogen and oxygen atoms in total. The Balaban J connectivity index is 1.47. The van der Waals surface area contributed by atoms with Crippen LogP contribution in [0.25, 0.3) is 0 Å². The lowest BCUT2D eigenvalue weighted by atomic mass is 10.1. The van der Waals surface area contributed by atoms with E-state index in [1.54, 1.807) is 0 Å². The van der Waals surface area contributed by atoms with Gasteiger partial charge in [-0.15, -0.1) is 0 Å². The van der Waals surface area contributed by atoms with Gasteiger partial charge in [-0.05, 0) is 25.9 Å². The molecule has 2 fully saturated rings. The molecular weight excluding hydrogens is 204 g/mol. The monoisotopic (exact) mass is 228 g/mol. The average molecular weight is 228 g/mol. The molecular formula is C12H24N2O2. The lowest BCUT2D eigenvalue weighted by Gasteiger charge is -2.27. The summed E-state index contributed by atoms with van der Waals surface area (Å²) in [5.74, 6) is 0. The Morgan fingerprint density at radius 2 is 2.12 bits per heavy atom. The van der Waals surface area contributed by atoms with Crippen molar-refractivity contribution in [3.05, 3.63) is 0 Å². The van der Waals surface area contributed by atoms with Gasteiger partial charge in [0.2, 0.25) is 0 Å². The summed E-state index contributed by atoms with van der Waals surface area (Å²) < 4.78 is 11.2. The Morgan fingerprint density at radius 3 is 2.88 bits per heavy atom. The van der Waals surface area contributed by atoms with Crippen molar-refractivity contribution in [3.63, 3.8) is 0 Å². The summed E-state index contributed by atoms with van der Waals surface area (Å²) >= 11 is 0. The van der Waals surface area contributed by atoms with Crippen LogP contribution < -0.4 is 5.32 Å². The van der Waals surface area contributed by atoms with E-state index in [4.69, 9.17) is 9.47 Å². The third-order valence-electron chi connectivity index (χ3n) is 3.31. The van der Waals surface area contributed by atoms with Gasteiger partial charge in [-0.25, -0.2) is 0 Å². The van der Waals surface area contributed by atoms with E-state index in [1.165, 1.54) is 32.4 Å².